The lowest BCUT2D eigenvalue weighted by molar-refractivity contribution is 1.41. The Morgan fingerprint density at radius 3 is 1.94 bits per heavy atom. The zero-order valence-corrected chi connectivity index (χ0v) is 29.7. The van der Waals surface area contributed by atoms with Gasteiger partial charge >= 0.3 is 0 Å². The zero-order valence-electron chi connectivity index (χ0n) is 28.9. The smallest absolute Gasteiger partial charge is 0.152 e. The molecule has 8 aromatic carbocycles. The van der Waals surface area contributed by atoms with Crippen molar-refractivity contribution in [2.75, 3.05) is 0 Å². The Morgan fingerprint density at radius 2 is 1.09 bits per heavy atom. The molecule has 0 aliphatic rings. The molecule has 9 rings (SSSR count). The Kier molecular flexibility index (Phi) is 8.61. The average Bonchev–Trinajstić information content (AvgIpc) is 3.62. The van der Waals surface area contributed by atoms with Crippen molar-refractivity contribution in [2.24, 2.45) is 4.99 Å². The maximum Gasteiger partial charge on any atom is 0.152 e. The molecule has 0 saturated heterocycles. The van der Waals surface area contributed by atoms with Gasteiger partial charge in [0.05, 0.1) is 5.71 Å². The van der Waals surface area contributed by atoms with E-state index in [4.69, 9.17) is 10.4 Å². The number of allylic oxidation sites excluding steroid dienone is 1. The molecule has 1 N–H and O–H groups in total. The largest absolute Gasteiger partial charge is 0.282 e. The normalized spacial score (nSPS) is 11.9. The summed E-state index contributed by atoms with van der Waals surface area (Å²) in [7, 11) is 0. The Labute approximate surface area is 313 Å². The Balaban J connectivity index is 1.27. The molecule has 250 valence electrons. The first-order valence-electron chi connectivity index (χ1n) is 17.8. The van der Waals surface area contributed by atoms with E-state index in [2.05, 4.69) is 164 Å². The molecule has 0 radical (unpaired) electrons. The summed E-state index contributed by atoms with van der Waals surface area (Å²) in [5.74, 6) is 0.214. The van der Waals surface area contributed by atoms with Gasteiger partial charge < -0.3 is 0 Å². The summed E-state index contributed by atoms with van der Waals surface area (Å²) in [6.45, 7) is 0. The van der Waals surface area contributed by atoms with Gasteiger partial charge in [0.2, 0.25) is 0 Å². The van der Waals surface area contributed by atoms with Crippen LogP contribution in [0.25, 0.3) is 70.4 Å². The second kappa shape index (κ2) is 14.1. The summed E-state index contributed by atoms with van der Waals surface area (Å²) >= 11 is 1.83. The SMILES string of the molecule is N=C(N=C(/C=C/c1cccc(-c2ccccc2)c1)c1cc(-c2cccc3ccccc23)cc(-c2cccc3sc4ccccc4c23)c1)c1ccccc1. The van der Waals surface area contributed by atoms with Crippen LogP contribution in [0.2, 0.25) is 0 Å². The predicted molar refractivity (Wildman–Crippen MR) is 228 cm³/mol. The molecular formula is C50H34N2S. The first kappa shape index (κ1) is 32.2. The average molecular weight is 695 g/mol. The van der Waals surface area contributed by atoms with Crippen molar-refractivity contribution in [3.05, 3.63) is 211 Å². The quantitative estimate of drug-likeness (QED) is 0.127. The van der Waals surface area contributed by atoms with Crippen LogP contribution in [0.15, 0.2) is 199 Å². The monoisotopic (exact) mass is 694 g/mol. The zero-order chi connectivity index (χ0) is 35.6. The fourth-order valence-corrected chi connectivity index (χ4v) is 8.32. The first-order chi connectivity index (χ1) is 26.2. The van der Waals surface area contributed by atoms with Crippen molar-refractivity contribution < 1.29 is 0 Å². The summed E-state index contributed by atoms with van der Waals surface area (Å²) < 4.78 is 2.54. The highest BCUT2D eigenvalue weighted by molar-refractivity contribution is 7.25. The van der Waals surface area contributed by atoms with E-state index in [1.807, 2.05) is 47.7 Å². The van der Waals surface area contributed by atoms with Gasteiger partial charge in [-0.15, -0.1) is 11.3 Å². The van der Waals surface area contributed by atoms with Crippen molar-refractivity contribution in [3.63, 3.8) is 0 Å². The molecule has 0 unspecified atom stereocenters. The van der Waals surface area contributed by atoms with E-state index in [9.17, 15) is 0 Å². The third kappa shape index (κ3) is 6.51. The Hall–Kier alpha value is -6.68. The van der Waals surface area contributed by atoms with E-state index >= 15 is 0 Å². The highest BCUT2D eigenvalue weighted by Crippen LogP contribution is 2.41. The number of amidine groups is 1. The number of thiophene rings is 1. The number of aliphatic imine (C=N–C) groups is 1. The molecule has 53 heavy (non-hydrogen) atoms. The van der Waals surface area contributed by atoms with Gasteiger partial charge in [0, 0.05) is 31.3 Å². The molecule has 0 fully saturated rings. The van der Waals surface area contributed by atoms with Gasteiger partial charge in [0.25, 0.3) is 0 Å². The fraction of sp³-hybridized carbons (Fsp3) is 0. The second-order valence-corrected chi connectivity index (χ2v) is 14.2. The molecule has 0 bridgehead atoms. The molecule has 9 aromatic rings. The number of hydrogen-bond acceptors (Lipinski definition) is 2. The minimum absolute atomic E-state index is 0.214. The highest BCUT2D eigenvalue weighted by atomic mass is 32.1. The molecule has 1 aromatic heterocycles. The van der Waals surface area contributed by atoms with Crippen molar-refractivity contribution in [3.8, 4) is 33.4 Å². The van der Waals surface area contributed by atoms with E-state index in [-0.39, 0.29) is 5.84 Å². The molecule has 1 heterocycles. The summed E-state index contributed by atoms with van der Waals surface area (Å²) in [6.07, 6.45) is 4.18. The number of fused-ring (bicyclic) bond motifs is 4. The third-order valence-electron chi connectivity index (χ3n) is 9.75. The molecule has 0 aliphatic carbocycles. The first-order valence-corrected chi connectivity index (χ1v) is 18.6. The van der Waals surface area contributed by atoms with Crippen molar-refractivity contribution >= 4 is 59.9 Å². The minimum Gasteiger partial charge on any atom is -0.282 e. The van der Waals surface area contributed by atoms with Crippen LogP contribution in [0.3, 0.4) is 0 Å². The maximum atomic E-state index is 9.14. The van der Waals surface area contributed by atoms with Crippen LogP contribution in [0.1, 0.15) is 16.7 Å². The topological polar surface area (TPSA) is 36.2 Å². The standard InChI is InChI=1S/C50H34N2S/c51-50(37-18-5-2-6-19-37)52-46(29-28-34-14-11-21-38(30-34)35-15-3-1-4-16-35)41-32-39(43-24-12-20-36-17-7-8-22-42(36)43)31-40(33-41)44-25-13-27-48-49(44)45-23-9-10-26-47(45)53-48/h1-33,51H/b29-28+,51-50?,52-46?. The predicted octanol–water partition coefficient (Wildman–Crippen LogP) is 13.7. The van der Waals surface area contributed by atoms with Crippen molar-refractivity contribution in [1.82, 2.24) is 0 Å². The Bertz CT molecular complexity index is 2840. The lowest BCUT2D eigenvalue weighted by Gasteiger charge is -2.14. The van der Waals surface area contributed by atoms with Crippen LogP contribution >= 0.6 is 11.3 Å². The van der Waals surface area contributed by atoms with Crippen LogP contribution in [0.4, 0.5) is 0 Å². The number of nitrogens with zero attached hydrogens (tertiary/aromatic N) is 1. The lowest BCUT2D eigenvalue weighted by Crippen LogP contribution is -2.04. The van der Waals surface area contributed by atoms with E-state index in [0.29, 0.717) is 0 Å². The molecule has 2 nitrogen and oxygen atoms in total. The van der Waals surface area contributed by atoms with Crippen LogP contribution in [-0.2, 0) is 0 Å². The number of benzene rings is 8. The maximum absolute atomic E-state index is 9.14. The fourth-order valence-electron chi connectivity index (χ4n) is 7.19. The van der Waals surface area contributed by atoms with E-state index in [0.717, 1.165) is 44.7 Å². The number of rotatable bonds is 7. The van der Waals surface area contributed by atoms with Crippen molar-refractivity contribution in [1.29, 1.82) is 5.41 Å². The van der Waals surface area contributed by atoms with E-state index in [1.54, 1.807) is 0 Å². The second-order valence-electron chi connectivity index (χ2n) is 13.1. The number of hydrogen-bond donors (Lipinski definition) is 1. The molecule has 0 amide bonds. The lowest BCUT2D eigenvalue weighted by atomic mass is 9.90. The minimum atomic E-state index is 0.214. The summed E-state index contributed by atoms with van der Waals surface area (Å²) in [5.41, 5.74) is 10.4. The summed E-state index contributed by atoms with van der Waals surface area (Å²) in [5, 5.41) is 14.1. The van der Waals surface area contributed by atoms with Crippen LogP contribution in [0.5, 0.6) is 0 Å². The van der Waals surface area contributed by atoms with Crippen molar-refractivity contribution in [2.45, 2.75) is 0 Å². The highest BCUT2D eigenvalue weighted by Gasteiger charge is 2.16. The van der Waals surface area contributed by atoms with Gasteiger partial charge in [-0.05, 0) is 92.2 Å². The van der Waals surface area contributed by atoms with Gasteiger partial charge in [0.15, 0.2) is 5.84 Å². The van der Waals surface area contributed by atoms with Gasteiger partial charge in [-0.3, -0.25) is 5.41 Å². The van der Waals surface area contributed by atoms with Crippen LogP contribution in [0, 0.1) is 5.41 Å². The summed E-state index contributed by atoms with van der Waals surface area (Å²) in [4.78, 5) is 5.06. The summed E-state index contributed by atoms with van der Waals surface area (Å²) in [6, 6.07) is 65.9. The molecule has 0 atom stereocenters. The van der Waals surface area contributed by atoms with E-state index in [1.165, 1.54) is 42.1 Å². The molecule has 0 aliphatic heterocycles. The van der Waals surface area contributed by atoms with Crippen LogP contribution < -0.4 is 0 Å². The number of nitrogens with one attached hydrogen (secondary N) is 1. The van der Waals surface area contributed by atoms with Gasteiger partial charge in [0.1, 0.15) is 0 Å². The molecular weight excluding hydrogens is 661 g/mol. The van der Waals surface area contributed by atoms with Gasteiger partial charge in [-0.25, -0.2) is 4.99 Å². The molecule has 3 heteroatoms. The van der Waals surface area contributed by atoms with Gasteiger partial charge in [-0.1, -0.05) is 158 Å². The molecule has 0 spiro atoms. The Morgan fingerprint density at radius 1 is 0.472 bits per heavy atom. The van der Waals surface area contributed by atoms with Gasteiger partial charge in [-0.2, -0.15) is 0 Å². The van der Waals surface area contributed by atoms with E-state index < -0.39 is 0 Å². The van der Waals surface area contributed by atoms with Crippen LogP contribution in [-0.4, -0.2) is 11.5 Å². The third-order valence-corrected chi connectivity index (χ3v) is 10.9. The molecule has 0 saturated carbocycles.